The minimum absolute atomic E-state index is 0.00802. The first-order valence-corrected chi connectivity index (χ1v) is 12.3. The summed E-state index contributed by atoms with van der Waals surface area (Å²) in [5.41, 5.74) is 8.26. The van der Waals surface area contributed by atoms with Gasteiger partial charge in [-0.2, -0.15) is 4.31 Å². The normalized spacial score (nSPS) is 15.4. The van der Waals surface area contributed by atoms with Gasteiger partial charge in [-0.05, 0) is 52.1 Å². The molecule has 0 aromatic heterocycles. The Kier molecular flexibility index (Phi) is 6.23. The number of sulfonamides is 1. The van der Waals surface area contributed by atoms with E-state index in [-0.39, 0.29) is 29.7 Å². The molecule has 172 valence electrons. The van der Waals surface area contributed by atoms with Crippen LogP contribution in [0, 0.1) is 5.41 Å². The van der Waals surface area contributed by atoms with Gasteiger partial charge in [-0.15, -0.1) is 0 Å². The fourth-order valence-corrected chi connectivity index (χ4v) is 5.40. The van der Waals surface area contributed by atoms with E-state index in [1.54, 1.807) is 17.0 Å². The number of fused-ring (bicyclic) bond motifs is 1. The highest BCUT2D eigenvalue weighted by Crippen LogP contribution is 2.23. The Balaban J connectivity index is 1.47. The lowest BCUT2D eigenvalue weighted by molar-refractivity contribution is -0.134. The van der Waals surface area contributed by atoms with Gasteiger partial charge in [-0.25, -0.2) is 8.42 Å². The summed E-state index contributed by atoms with van der Waals surface area (Å²) in [7, 11) is -3.72. The highest BCUT2D eigenvalue weighted by atomic mass is 32.2. The van der Waals surface area contributed by atoms with Crippen LogP contribution in [0.5, 0.6) is 0 Å². The van der Waals surface area contributed by atoms with Crippen molar-refractivity contribution in [2.45, 2.75) is 31.2 Å². The van der Waals surface area contributed by atoms with Crippen molar-refractivity contribution in [2.24, 2.45) is 5.73 Å². The van der Waals surface area contributed by atoms with Crippen LogP contribution in [-0.4, -0.2) is 49.0 Å². The molecule has 1 aliphatic heterocycles. The Labute approximate surface area is 194 Å². The molecule has 7 nitrogen and oxygen atoms in total. The molecule has 8 heteroatoms. The summed E-state index contributed by atoms with van der Waals surface area (Å²) in [6.07, 6.45) is 0. The SMILES string of the molecule is CC(C)c1ccc(S(=O)(=O)N2CCN(Cc3ccc4ccc(C(=N)N)cc4c3)C(=O)C2)cc1. The van der Waals surface area contributed by atoms with E-state index in [0.717, 1.165) is 21.9 Å². The molecule has 3 aromatic carbocycles. The van der Waals surface area contributed by atoms with Gasteiger partial charge >= 0.3 is 0 Å². The lowest BCUT2D eigenvalue weighted by Gasteiger charge is -2.33. The van der Waals surface area contributed by atoms with E-state index in [1.165, 1.54) is 4.31 Å². The Hall–Kier alpha value is -3.23. The number of amides is 1. The van der Waals surface area contributed by atoms with Crippen LogP contribution in [-0.2, 0) is 21.4 Å². The van der Waals surface area contributed by atoms with E-state index in [4.69, 9.17) is 11.1 Å². The van der Waals surface area contributed by atoms with Crippen LogP contribution in [0.2, 0.25) is 0 Å². The first-order chi connectivity index (χ1) is 15.6. The predicted octanol–water partition coefficient (Wildman–Crippen LogP) is 3.28. The van der Waals surface area contributed by atoms with Gasteiger partial charge in [-0.3, -0.25) is 10.2 Å². The van der Waals surface area contributed by atoms with Gasteiger partial charge < -0.3 is 10.6 Å². The van der Waals surface area contributed by atoms with Gasteiger partial charge in [0.05, 0.1) is 11.4 Å². The van der Waals surface area contributed by atoms with Crippen LogP contribution in [0.25, 0.3) is 10.8 Å². The molecule has 0 aliphatic carbocycles. The average Bonchev–Trinajstić information content (AvgIpc) is 2.79. The molecule has 0 unspecified atom stereocenters. The molecule has 0 bridgehead atoms. The van der Waals surface area contributed by atoms with Crippen molar-refractivity contribution in [1.82, 2.24) is 9.21 Å². The standard InChI is InChI=1S/C25H28N4O3S/c1-17(2)19-7-9-23(10-8-19)33(31,32)29-12-11-28(24(30)16-29)15-18-3-4-20-5-6-21(25(26)27)14-22(20)13-18/h3-10,13-14,17H,11-12,15-16H2,1-2H3,(H3,26,27). The van der Waals surface area contributed by atoms with Crippen molar-refractivity contribution in [2.75, 3.05) is 19.6 Å². The van der Waals surface area contributed by atoms with Crippen molar-refractivity contribution in [3.63, 3.8) is 0 Å². The van der Waals surface area contributed by atoms with Gasteiger partial charge in [0.1, 0.15) is 5.84 Å². The van der Waals surface area contributed by atoms with Gasteiger partial charge in [0.2, 0.25) is 15.9 Å². The number of nitrogens with two attached hydrogens (primary N) is 1. The van der Waals surface area contributed by atoms with Crippen LogP contribution in [0.15, 0.2) is 65.6 Å². The second-order valence-corrected chi connectivity index (χ2v) is 10.6. The summed E-state index contributed by atoms with van der Waals surface area (Å²) in [4.78, 5) is 14.7. The number of rotatable bonds is 6. The van der Waals surface area contributed by atoms with Gasteiger partial charge in [0.25, 0.3) is 0 Å². The summed E-state index contributed by atoms with van der Waals surface area (Å²) >= 11 is 0. The quantitative estimate of drug-likeness (QED) is 0.431. The van der Waals surface area contributed by atoms with Gasteiger partial charge in [-0.1, -0.05) is 50.2 Å². The maximum atomic E-state index is 13.0. The third-order valence-electron chi connectivity index (χ3n) is 6.06. The second kappa shape index (κ2) is 8.96. The molecule has 33 heavy (non-hydrogen) atoms. The average molecular weight is 465 g/mol. The fourth-order valence-electron chi connectivity index (χ4n) is 4.02. The maximum absolute atomic E-state index is 13.0. The summed E-state index contributed by atoms with van der Waals surface area (Å²) < 4.78 is 27.3. The lowest BCUT2D eigenvalue weighted by Crippen LogP contribution is -2.51. The number of nitrogen functional groups attached to an aromatic ring is 1. The second-order valence-electron chi connectivity index (χ2n) is 8.69. The lowest BCUT2D eigenvalue weighted by atomic mass is 10.0. The third-order valence-corrected chi connectivity index (χ3v) is 7.92. The van der Waals surface area contributed by atoms with E-state index in [9.17, 15) is 13.2 Å². The van der Waals surface area contributed by atoms with E-state index >= 15 is 0 Å². The van der Waals surface area contributed by atoms with Crippen LogP contribution in [0.3, 0.4) is 0 Å². The van der Waals surface area contributed by atoms with Crippen molar-refractivity contribution < 1.29 is 13.2 Å². The van der Waals surface area contributed by atoms with E-state index in [1.807, 2.05) is 48.5 Å². The highest BCUT2D eigenvalue weighted by Gasteiger charge is 2.32. The summed E-state index contributed by atoms with van der Waals surface area (Å²) in [5.74, 6) is 0.103. The molecule has 0 atom stereocenters. The highest BCUT2D eigenvalue weighted by molar-refractivity contribution is 7.89. The largest absolute Gasteiger partial charge is 0.384 e. The number of amidine groups is 1. The molecule has 0 radical (unpaired) electrons. The Morgan fingerprint density at radius 3 is 2.33 bits per heavy atom. The summed E-state index contributed by atoms with van der Waals surface area (Å²) in [5, 5.41) is 9.59. The zero-order valence-electron chi connectivity index (χ0n) is 18.8. The zero-order chi connectivity index (χ0) is 23.8. The summed E-state index contributed by atoms with van der Waals surface area (Å²) in [6, 6.07) is 18.4. The predicted molar refractivity (Wildman–Crippen MR) is 130 cm³/mol. The van der Waals surface area contributed by atoms with Crippen LogP contribution >= 0.6 is 0 Å². The van der Waals surface area contributed by atoms with Crippen LogP contribution in [0.4, 0.5) is 0 Å². The number of carbonyl (C=O) groups is 1. The topological polar surface area (TPSA) is 108 Å². The molecule has 3 aromatic rings. The molecule has 1 fully saturated rings. The molecule has 1 heterocycles. The molecule has 4 rings (SSSR count). The molecular weight excluding hydrogens is 436 g/mol. The minimum Gasteiger partial charge on any atom is -0.384 e. The number of piperazine rings is 1. The van der Waals surface area contributed by atoms with Crippen molar-refractivity contribution >= 4 is 32.5 Å². The van der Waals surface area contributed by atoms with E-state index in [2.05, 4.69) is 13.8 Å². The molecule has 1 saturated heterocycles. The Morgan fingerprint density at radius 2 is 1.70 bits per heavy atom. The number of benzene rings is 3. The smallest absolute Gasteiger partial charge is 0.243 e. The molecular formula is C25H28N4O3S. The molecule has 1 aliphatic rings. The van der Waals surface area contributed by atoms with Crippen molar-refractivity contribution in [3.8, 4) is 0 Å². The number of hydrogen-bond donors (Lipinski definition) is 2. The Bertz CT molecular complexity index is 1320. The number of nitrogens with one attached hydrogen (secondary N) is 1. The Morgan fingerprint density at radius 1 is 1.00 bits per heavy atom. The van der Waals surface area contributed by atoms with Crippen molar-refractivity contribution in [3.05, 3.63) is 77.4 Å². The fraction of sp³-hybridized carbons (Fsp3) is 0.280. The molecule has 3 N–H and O–H groups in total. The first kappa shape index (κ1) is 22.9. The number of carbonyl (C=O) groups excluding carboxylic acids is 1. The van der Waals surface area contributed by atoms with Crippen molar-refractivity contribution in [1.29, 1.82) is 5.41 Å². The zero-order valence-corrected chi connectivity index (χ0v) is 19.6. The maximum Gasteiger partial charge on any atom is 0.243 e. The van der Waals surface area contributed by atoms with E-state index < -0.39 is 10.0 Å². The molecule has 0 saturated carbocycles. The number of hydrogen-bond acceptors (Lipinski definition) is 4. The molecule has 0 spiro atoms. The molecule has 1 amide bonds. The van der Waals surface area contributed by atoms with Crippen LogP contribution < -0.4 is 5.73 Å². The minimum atomic E-state index is -3.72. The van der Waals surface area contributed by atoms with Gasteiger partial charge in [0, 0.05) is 25.2 Å². The number of nitrogens with zero attached hydrogens (tertiary/aromatic N) is 2. The van der Waals surface area contributed by atoms with Crippen LogP contribution in [0.1, 0.15) is 36.5 Å². The third kappa shape index (κ3) is 4.77. The van der Waals surface area contributed by atoms with E-state index in [0.29, 0.717) is 24.6 Å². The van der Waals surface area contributed by atoms with Gasteiger partial charge in [0.15, 0.2) is 0 Å². The summed E-state index contributed by atoms with van der Waals surface area (Å²) in [6.45, 7) is 4.92. The first-order valence-electron chi connectivity index (χ1n) is 10.9. The monoisotopic (exact) mass is 464 g/mol.